The smallest absolute Gasteiger partial charge is 0.323 e. The number of urea groups is 1. The number of nitrogens with two attached hydrogens (primary N) is 1. The van der Waals surface area contributed by atoms with Crippen LogP contribution in [0.1, 0.15) is 31.4 Å². The van der Waals surface area contributed by atoms with E-state index in [1.807, 2.05) is 63.2 Å². The minimum Gasteiger partial charge on any atom is -0.351 e. The lowest BCUT2D eigenvalue weighted by molar-refractivity contribution is -0.123. The van der Waals surface area contributed by atoms with Crippen molar-refractivity contribution in [2.45, 2.75) is 39.8 Å². The molecule has 0 aliphatic carbocycles. The SMILES string of the molecule is CCC(C)C(N)C(=O)NCc1cccc(NC(=O)Nc2cccc(C)c2)c1.Cl. The summed E-state index contributed by atoms with van der Waals surface area (Å²) >= 11 is 0. The molecule has 0 bridgehead atoms. The Hall–Kier alpha value is -2.57. The van der Waals surface area contributed by atoms with Gasteiger partial charge in [-0.25, -0.2) is 4.79 Å². The van der Waals surface area contributed by atoms with Gasteiger partial charge >= 0.3 is 6.03 Å². The number of hydrogen-bond donors (Lipinski definition) is 4. The van der Waals surface area contributed by atoms with Crippen molar-refractivity contribution in [1.82, 2.24) is 5.32 Å². The van der Waals surface area contributed by atoms with Crippen LogP contribution < -0.4 is 21.7 Å². The van der Waals surface area contributed by atoms with E-state index in [4.69, 9.17) is 5.73 Å². The van der Waals surface area contributed by atoms with Crippen LogP contribution in [-0.4, -0.2) is 18.0 Å². The fourth-order valence-corrected chi connectivity index (χ4v) is 2.59. The molecule has 2 atom stereocenters. The molecule has 2 unspecified atom stereocenters. The maximum absolute atomic E-state index is 12.2. The van der Waals surface area contributed by atoms with Crippen molar-refractivity contribution in [3.05, 3.63) is 59.7 Å². The van der Waals surface area contributed by atoms with Crippen LogP contribution in [0.15, 0.2) is 48.5 Å². The molecule has 152 valence electrons. The van der Waals surface area contributed by atoms with E-state index >= 15 is 0 Å². The summed E-state index contributed by atoms with van der Waals surface area (Å²) in [6, 6.07) is 14.1. The predicted octanol–water partition coefficient (Wildman–Crippen LogP) is 4.05. The zero-order valence-corrected chi connectivity index (χ0v) is 17.3. The van der Waals surface area contributed by atoms with Crippen molar-refractivity contribution in [2.75, 3.05) is 10.6 Å². The van der Waals surface area contributed by atoms with Crippen LogP contribution >= 0.6 is 12.4 Å². The van der Waals surface area contributed by atoms with Gasteiger partial charge in [0.1, 0.15) is 0 Å². The number of nitrogens with one attached hydrogen (secondary N) is 3. The quantitative estimate of drug-likeness (QED) is 0.560. The number of amides is 3. The summed E-state index contributed by atoms with van der Waals surface area (Å²) in [4.78, 5) is 24.3. The third kappa shape index (κ3) is 7.21. The summed E-state index contributed by atoms with van der Waals surface area (Å²) in [5.41, 5.74) is 9.27. The molecule has 7 heteroatoms. The number of anilines is 2. The van der Waals surface area contributed by atoms with Gasteiger partial charge in [0.25, 0.3) is 0 Å². The van der Waals surface area contributed by atoms with Gasteiger partial charge < -0.3 is 21.7 Å². The van der Waals surface area contributed by atoms with Crippen molar-refractivity contribution in [2.24, 2.45) is 11.7 Å². The maximum atomic E-state index is 12.2. The molecule has 2 aromatic carbocycles. The average molecular weight is 405 g/mol. The molecular formula is C21H29ClN4O2. The number of halogens is 1. The van der Waals surface area contributed by atoms with Crippen LogP contribution in [-0.2, 0) is 11.3 Å². The van der Waals surface area contributed by atoms with Gasteiger partial charge in [0.05, 0.1) is 6.04 Å². The molecular weight excluding hydrogens is 376 g/mol. The second kappa shape index (κ2) is 11.3. The maximum Gasteiger partial charge on any atom is 0.323 e. The molecule has 0 spiro atoms. The topological polar surface area (TPSA) is 96.2 Å². The Morgan fingerprint density at radius 1 is 1.04 bits per heavy atom. The standard InChI is InChI=1S/C21H28N4O2.ClH/c1-4-15(3)19(22)20(26)23-13-16-8-6-10-18(12-16)25-21(27)24-17-9-5-7-14(2)11-17;/h5-12,15,19H,4,13,22H2,1-3H3,(H,23,26)(H2,24,25,27);1H. The van der Waals surface area contributed by atoms with Gasteiger partial charge in [-0.05, 0) is 48.2 Å². The Morgan fingerprint density at radius 2 is 1.64 bits per heavy atom. The van der Waals surface area contributed by atoms with E-state index in [0.717, 1.165) is 23.2 Å². The molecule has 0 radical (unpaired) electrons. The highest BCUT2D eigenvalue weighted by atomic mass is 35.5. The normalized spacial score (nSPS) is 12.3. The Morgan fingerprint density at radius 3 is 2.25 bits per heavy atom. The van der Waals surface area contributed by atoms with Crippen LogP contribution in [0.4, 0.5) is 16.2 Å². The van der Waals surface area contributed by atoms with Gasteiger partial charge in [-0.3, -0.25) is 4.79 Å². The third-order valence-electron chi connectivity index (χ3n) is 4.49. The Bertz CT molecular complexity index is 797. The van der Waals surface area contributed by atoms with Crippen LogP contribution in [0.3, 0.4) is 0 Å². The summed E-state index contributed by atoms with van der Waals surface area (Å²) in [5, 5.41) is 8.45. The zero-order chi connectivity index (χ0) is 19.8. The van der Waals surface area contributed by atoms with Crippen LogP contribution in [0.25, 0.3) is 0 Å². The molecule has 2 aromatic rings. The van der Waals surface area contributed by atoms with Crippen LogP contribution in [0, 0.1) is 12.8 Å². The van der Waals surface area contributed by atoms with Crippen molar-refractivity contribution < 1.29 is 9.59 Å². The third-order valence-corrected chi connectivity index (χ3v) is 4.49. The van der Waals surface area contributed by atoms with Gasteiger partial charge in [0.2, 0.25) is 5.91 Å². The molecule has 0 saturated carbocycles. The predicted molar refractivity (Wildman–Crippen MR) is 117 cm³/mol. The first-order chi connectivity index (χ1) is 12.9. The first-order valence-corrected chi connectivity index (χ1v) is 9.16. The molecule has 0 aliphatic rings. The lowest BCUT2D eigenvalue weighted by Gasteiger charge is -2.18. The van der Waals surface area contributed by atoms with E-state index in [9.17, 15) is 9.59 Å². The Balaban J connectivity index is 0.00000392. The molecule has 28 heavy (non-hydrogen) atoms. The van der Waals surface area contributed by atoms with Crippen molar-refractivity contribution in [3.63, 3.8) is 0 Å². The first-order valence-electron chi connectivity index (χ1n) is 9.16. The van der Waals surface area contributed by atoms with Crippen molar-refractivity contribution in [1.29, 1.82) is 0 Å². The van der Waals surface area contributed by atoms with Crippen molar-refractivity contribution in [3.8, 4) is 0 Å². The lowest BCUT2D eigenvalue weighted by atomic mass is 9.99. The average Bonchev–Trinajstić information content (AvgIpc) is 2.65. The Kier molecular flexibility index (Phi) is 9.48. The van der Waals surface area contributed by atoms with E-state index in [1.165, 1.54) is 0 Å². The van der Waals surface area contributed by atoms with Gasteiger partial charge in [0, 0.05) is 17.9 Å². The molecule has 3 amide bonds. The van der Waals surface area contributed by atoms with Gasteiger partial charge in [-0.15, -0.1) is 12.4 Å². The van der Waals surface area contributed by atoms with Crippen molar-refractivity contribution >= 4 is 35.7 Å². The van der Waals surface area contributed by atoms with E-state index < -0.39 is 6.04 Å². The zero-order valence-electron chi connectivity index (χ0n) is 16.5. The number of hydrogen-bond acceptors (Lipinski definition) is 3. The fourth-order valence-electron chi connectivity index (χ4n) is 2.59. The number of benzene rings is 2. The molecule has 6 nitrogen and oxygen atoms in total. The monoisotopic (exact) mass is 404 g/mol. The minimum absolute atomic E-state index is 0. The molecule has 0 fully saturated rings. The lowest BCUT2D eigenvalue weighted by Crippen LogP contribution is -2.44. The van der Waals surface area contributed by atoms with E-state index in [2.05, 4.69) is 16.0 Å². The summed E-state index contributed by atoms with van der Waals surface area (Å²) in [6.07, 6.45) is 0.851. The summed E-state index contributed by atoms with van der Waals surface area (Å²) in [5.74, 6) is -0.0387. The summed E-state index contributed by atoms with van der Waals surface area (Å²) < 4.78 is 0. The van der Waals surface area contributed by atoms with Crippen LogP contribution in [0.2, 0.25) is 0 Å². The minimum atomic E-state index is -0.517. The molecule has 0 aliphatic heterocycles. The van der Waals surface area contributed by atoms with E-state index in [1.54, 1.807) is 6.07 Å². The second-order valence-corrected chi connectivity index (χ2v) is 6.78. The highest BCUT2D eigenvalue weighted by Gasteiger charge is 2.18. The first kappa shape index (κ1) is 23.5. The largest absolute Gasteiger partial charge is 0.351 e. The molecule has 2 rings (SSSR count). The van der Waals surface area contributed by atoms with Gasteiger partial charge in [0.15, 0.2) is 0 Å². The molecule has 5 N–H and O–H groups in total. The van der Waals surface area contributed by atoms with Gasteiger partial charge in [-0.2, -0.15) is 0 Å². The number of rotatable bonds is 7. The van der Waals surface area contributed by atoms with E-state index in [-0.39, 0.29) is 30.3 Å². The number of carbonyl (C=O) groups excluding carboxylic acids is 2. The van der Waals surface area contributed by atoms with Crippen LogP contribution in [0.5, 0.6) is 0 Å². The molecule has 0 saturated heterocycles. The Labute approximate surface area is 172 Å². The second-order valence-electron chi connectivity index (χ2n) is 6.78. The highest BCUT2D eigenvalue weighted by molar-refractivity contribution is 5.99. The number of aryl methyl sites for hydroxylation is 1. The van der Waals surface area contributed by atoms with Gasteiger partial charge in [-0.1, -0.05) is 44.5 Å². The fraction of sp³-hybridized carbons (Fsp3) is 0.333. The summed E-state index contributed by atoms with van der Waals surface area (Å²) in [6.45, 7) is 6.29. The number of carbonyl (C=O) groups is 2. The molecule has 0 aromatic heterocycles. The summed E-state index contributed by atoms with van der Waals surface area (Å²) in [7, 11) is 0. The van der Waals surface area contributed by atoms with E-state index in [0.29, 0.717) is 12.2 Å². The highest BCUT2D eigenvalue weighted by Crippen LogP contribution is 2.13. The molecule has 0 heterocycles.